The van der Waals surface area contributed by atoms with E-state index >= 15 is 0 Å². The first kappa shape index (κ1) is 20.8. The molecule has 2 N–H and O–H groups in total. The van der Waals surface area contributed by atoms with Gasteiger partial charge in [0.25, 0.3) is 0 Å². The first-order valence-electron chi connectivity index (χ1n) is 11.4. The Morgan fingerprint density at radius 1 is 1.03 bits per heavy atom. The molecule has 2 amide bonds. The molecule has 1 aliphatic heterocycles. The van der Waals surface area contributed by atoms with Gasteiger partial charge in [0.1, 0.15) is 16.9 Å². The minimum absolute atomic E-state index is 0.00801. The molecular formula is C25H28N2O5. The van der Waals surface area contributed by atoms with Crippen LogP contribution in [0.4, 0.5) is 0 Å². The Hall–Kier alpha value is -3.09. The number of hydrogen-bond donors (Lipinski definition) is 1. The Morgan fingerprint density at radius 2 is 1.72 bits per heavy atom. The Balaban J connectivity index is 1.51. The monoisotopic (exact) mass is 436 g/mol. The summed E-state index contributed by atoms with van der Waals surface area (Å²) in [4.78, 5) is 38.9. The molecule has 2 aliphatic rings. The summed E-state index contributed by atoms with van der Waals surface area (Å²) in [6, 6.07) is 2.07. The molecule has 3 aromatic rings. The van der Waals surface area contributed by atoms with Crippen LogP contribution in [0.25, 0.3) is 21.9 Å². The molecule has 7 heteroatoms. The van der Waals surface area contributed by atoms with Gasteiger partial charge in [0, 0.05) is 47.3 Å². The number of amides is 2. The SMILES string of the molecule is Cc1c(CC(=O)N2CCC(C(N)=O)CC2)c(=O)oc2c(C)c3oc4c(c3cc12)CCCC4. The van der Waals surface area contributed by atoms with Gasteiger partial charge in [0.2, 0.25) is 11.8 Å². The van der Waals surface area contributed by atoms with E-state index in [0.717, 1.165) is 58.9 Å². The van der Waals surface area contributed by atoms with Crippen molar-refractivity contribution in [2.75, 3.05) is 13.1 Å². The summed E-state index contributed by atoms with van der Waals surface area (Å²) in [5.74, 6) is 0.421. The number of rotatable bonds is 3. The van der Waals surface area contributed by atoms with E-state index in [1.807, 2.05) is 13.8 Å². The summed E-state index contributed by atoms with van der Waals surface area (Å²) in [5, 5.41) is 1.95. The number of primary amides is 1. The number of likely N-dealkylation sites (tertiary alicyclic amines) is 1. The van der Waals surface area contributed by atoms with Gasteiger partial charge in [-0.1, -0.05) is 0 Å². The number of fused-ring (bicyclic) bond motifs is 4. The number of furan rings is 1. The van der Waals surface area contributed by atoms with Gasteiger partial charge in [-0.3, -0.25) is 9.59 Å². The number of carbonyl (C=O) groups excluding carboxylic acids is 2. The average Bonchev–Trinajstić information content (AvgIpc) is 3.16. The van der Waals surface area contributed by atoms with Gasteiger partial charge in [-0.15, -0.1) is 0 Å². The molecule has 1 fully saturated rings. The van der Waals surface area contributed by atoms with Crippen molar-refractivity contribution in [1.29, 1.82) is 0 Å². The lowest BCUT2D eigenvalue weighted by Gasteiger charge is -2.30. The number of hydrogen-bond acceptors (Lipinski definition) is 5. The first-order valence-corrected chi connectivity index (χ1v) is 11.4. The summed E-state index contributed by atoms with van der Waals surface area (Å²) in [6.07, 6.45) is 5.33. The summed E-state index contributed by atoms with van der Waals surface area (Å²) in [6.45, 7) is 4.77. The van der Waals surface area contributed by atoms with Crippen molar-refractivity contribution in [3.8, 4) is 0 Å². The molecule has 32 heavy (non-hydrogen) atoms. The highest BCUT2D eigenvalue weighted by molar-refractivity contribution is 6.00. The van der Waals surface area contributed by atoms with Crippen LogP contribution in [-0.2, 0) is 28.9 Å². The molecule has 1 aromatic carbocycles. The lowest BCUT2D eigenvalue weighted by molar-refractivity contribution is -0.134. The van der Waals surface area contributed by atoms with E-state index in [-0.39, 0.29) is 24.2 Å². The normalized spacial score (nSPS) is 17.1. The summed E-state index contributed by atoms with van der Waals surface area (Å²) in [5.41, 5.74) is 9.52. The minimum atomic E-state index is -0.478. The van der Waals surface area contributed by atoms with Gasteiger partial charge < -0.3 is 19.5 Å². The lowest BCUT2D eigenvalue weighted by atomic mass is 9.93. The zero-order valence-corrected chi connectivity index (χ0v) is 18.6. The van der Waals surface area contributed by atoms with E-state index in [1.165, 1.54) is 5.56 Å². The molecule has 0 saturated carbocycles. The van der Waals surface area contributed by atoms with Crippen LogP contribution < -0.4 is 11.4 Å². The Labute approximate surface area is 185 Å². The van der Waals surface area contributed by atoms with Crippen molar-refractivity contribution < 1.29 is 18.4 Å². The topological polar surface area (TPSA) is 107 Å². The molecule has 5 rings (SSSR count). The second kappa shape index (κ2) is 7.80. The molecule has 3 heterocycles. The van der Waals surface area contributed by atoms with E-state index in [9.17, 15) is 14.4 Å². The Bertz CT molecular complexity index is 1310. The zero-order valence-electron chi connectivity index (χ0n) is 18.6. The molecule has 0 bridgehead atoms. The van der Waals surface area contributed by atoms with Crippen molar-refractivity contribution in [1.82, 2.24) is 4.90 Å². The van der Waals surface area contributed by atoms with Crippen LogP contribution in [0.5, 0.6) is 0 Å². The summed E-state index contributed by atoms with van der Waals surface area (Å²) in [7, 11) is 0. The predicted octanol–water partition coefficient (Wildman–Crippen LogP) is 3.30. The maximum Gasteiger partial charge on any atom is 0.340 e. The van der Waals surface area contributed by atoms with Gasteiger partial charge >= 0.3 is 5.63 Å². The molecular weight excluding hydrogens is 408 g/mol. The zero-order chi connectivity index (χ0) is 22.6. The maximum atomic E-state index is 12.9. The molecule has 1 aliphatic carbocycles. The second-order valence-electron chi connectivity index (χ2n) is 9.19. The average molecular weight is 437 g/mol. The fourth-order valence-corrected chi connectivity index (χ4v) is 5.30. The lowest BCUT2D eigenvalue weighted by Crippen LogP contribution is -2.42. The van der Waals surface area contributed by atoms with Gasteiger partial charge in [-0.05, 0) is 57.6 Å². The van der Waals surface area contributed by atoms with Crippen LogP contribution in [0.3, 0.4) is 0 Å². The Kier molecular flexibility index (Phi) is 5.07. The largest absolute Gasteiger partial charge is 0.460 e. The van der Waals surface area contributed by atoms with Crippen LogP contribution in [-0.4, -0.2) is 29.8 Å². The van der Waals surface area contributed by atoms with Crippen molar-refractivity contribution in [2.45, 2.75) is 58.8 Å². The molecule has 0 atom stereocenters. The highest BCUT2D eigenvalue weighted by Gasteiger charge is 2.28. The third-order valence-electron chi connectivity index (χ3n) is 7.30. The highest BCUT2D eigenvalue weighted by atomic mass is 16.4. The Morgan fingerprint density at radius 3 is 2.44 bits per heavy atom. The van der Waals surface area contributed by atoms with Gasteiger partial charge in [0.05, 0.1) is 12.0 Å². The van der Waals surface area contributed by atoms with Crippen LogP contribution >= 0.6 is 0 Å². The predicted molar refractivity (Wildman–Crippen MR) is 121 cm³/mol. The first-order chi connectivity index (χ1) is 15.3. The van der Waals surface area contributed by atoms with E-state index in [0.29, 0.717) is 37.1 Å². The molecule has 0 spiro atoms. The van der Waals surface area contributed by atoms with E-state index in [2.05, 4.69) is 6.07 Å². The molecule has 2 aromatic heterocycles. The van der Waals surface area contributed by atoms with Crippen molar-refractivity contribution in [3.05, 3.63) is 44.5 Å². The number of nitrogens with two attached hydrogens (primary N) is 1. The molecule has 0 radical (unpaired) electrons. The standard InChI is InChI=1S/C25H28N2O5/c1-13-17-11-19-16-5-3-4-6-20(16)31-23(19)14(2)22(17)32-25(30)18(13)12-21(28)27-9-7-15(8-10-27)24(26)29/h11,15H,3-10,12H2,1-2H3,(H2,26,29). The third-order valence-corrected chi connectivity index (χ3v) is 7.30. The third kappa shape index (κ3) is 3.31. The number of piperidine rings is 1. The number of carbonyl (C=O) groups is 2. The van der Waals surface area contributed by atoms with Crippen LogP contribution in [0.1, 0.15) is 53.7 Å². The maximum absolute atomic E-state index is 12.9. The second-order valence-corrected chi connectivity index (χ2v) is 9.19. The molecule has 7 nitrogen and oxygen atoms in total. The summed E-state index contributed by atoms with van der Waals surface area (Å²) < 4.78 is 11.9. The summed E-state index contributed by atoms with van der Waals surface area (Å²) >= 11 is 0. The van der Waals surface area contributed by atoms with Gasteiger partial charge in [0.15, 0.2) is 0 Å². The van der Waals surface area contributed by atoms with E-state index in [4.69, 9.17) is 14.6 Å². The van der Waals surface area contributed by atoms with Crippen molar-refractivity contribution in [3.63, 3.8) is 0 Å². The van der Waals surface area contributed by atoms with Crippen molar-refractivity contribution >= 4 is 33.8 Å². The highest BCUT2D eigenvalue weighted by Crippen LogP contribution is 2.38. The van der Waals surface area contributed by atoms with E-state index < -0.39 is 5.63 Å². The molecule has 1 saturated heterocycles. The minimum Gasteiger partial charge on any atom is -0.460 e. The van der Waals surface area contributed by atoms with E-state index in [1.54, 1.807) is 4.90 Å². The molecule has 168 valence electrons. The van der Waals surface area contributed by atoms with Crippen molar-refractivity contribution in [2.24, 2.45) is 11.7 Å². The number of aryl methyl sites for hydroxylation is 4. The quantitative estimate of drug-likeness (QED) is 0.634. The van der Waals surface area contributed by atoms with Gasteiger partial charge in [-0.2, -0.15) is 0 Å². The molecule has 0 unspecified atom stereocenters. The smallest absolute Gasteiger partial charge is 0.340 e. The van der Waals surface area contributed by atoms with Crippen LogP contribution in [0.2, 0.25) is 0 Å². The fraction of sp³-hybridized carbons (Fsp3) is 0.480. The van der Waals surface area contributed by atoms with Crippen LogP contribution in [0.15, 0.2) is 19.7 Å². The van der Waals surface area contributed by atoms with Gasteiger partial charge in [-0.25, -0.2) is 4.79 Å². The van der Waals surface area contributed by atoms with Crippen LogP contribution in [0, 0.1) is 19.8 Å². The number of nitrogens with zero attached hydrogens (tertiary/aromatic N) is 1. The fourth-order valence-electron chi connectivity index (χ4n) is 5.30. The number of benzene rings is 1.